The first-order valence-corrected chi connectivity index (χ1v) is 10.2. The number of likely N-dealkylation sites (N-methyl/N-ethyl adjacent to an activating group) is 1. The van der Waals surface area contributed by atoms with Crippen LogP contribution >= 0.6 is 0 Å². The van der Waals surface area contributed by atoms with Gasteiger partial charge in [0.2, 0.25) is 0 Å². The van der Waals surface area contributed by atoms with E-state index in [1.807, 2.05) is 55.1 Å². The van der Waals surface area contributed by atoms with Gasteiger partial charge in [0.15, 0.2) is 6.54 Å². The molecular weight excluding hydrogens is 360 g/mol. The van der Waals surface area contributed by atoms with Crippen LogP contribution in [0.1, 0.15) is 42.3 Å². The van der Waals surface area contributed by atoms with Gasteiger partial charge in [0, 0.05) is 5.69 Å². The second-order valence-corrected chi connectivity index (χ2v) is 8.00. The molecule has 0 spiro atoms. The van der Waals surface area contributed by atoms with Crippen molar-refractivity contribution in [1.82, 2.24) is 9.78 Å². The van der Waals surface area contributed by atoms with Gasteiger partial charge in [0.25, 0.3) is 5.91 Å². The summed E-state index contributed by atoms with van der Waals surface area (Å²) in [5.74, 6) is 0.395. The van der Waals surface area contributed by atoms with Crippen LogP contribution in [0, 0.1) is 13.8 Å². The van der Waals surface area contributed by atoms with E-state index >= 15 is 0 Å². The highest BCUT2D eigenvalue weighted by Gasteiger charge is 2.19. The molecule has 0 aliphatic rings. The van der Waals surface area contributed by atoms with Crippen LogP contribution in [-0.4, -0.2) is 29.3 Å². The van der Waals surface area contributed by atoms with Crippen molar-refractivity contribution in [1.29, 1.82) is 0 Å². The molecule has 0 saturated heterocycles. The van der Waals surface area contributed by atoms with Gasteiger partial charge in [-0.2, -0.15) is 5.10 Å². The molecule has 3 rings (SSSR count). The Kier molecular flexibility index (Phi) is 6.49. The largest absolute Gasteiger partial charge is 0.326 e. The van der Waals surface area contributed by atoms with Crippen LogP contribution in [0.3, 0.4) is 0 Å². The summed E-state index contributed by atoms with van der Waals surface area (Å²) in [6.45, 7) is 9.56. The highest BCUT2D eigenvalue weighted by atomic mass is 16.2. The zero-order chi connectivity index (χ0) is 21.0. The van der Waals surface area contributed by atoms with Gasteiger partial charge in [-0.3, -0.25) is 4.79 Å². The first kappa shape index (κ1) is 20.8. The molecule has 0 bridgehead atoms. The molecule has 1 heterocycles. The van der Waals surface area contributed by atoms with Crippen LogP contribution in [0.15, 0.2) is 54.6 Å². The van der Waals surface area contributed by atoms with Crippen molar-refractivity contribution >= 4 is 11.6 Å². The Labute approximate surface area is 173 Å². The van der Waals surface area contributed by atoms with Gasteiger partial charge in [0.1, 0.15) is 6.54 Å². The van der Waals surface area contributed by atoms with E-state index in [2.05, 4.69) is 44.3 Å². The van der Waals surface area contributed by atoms with Crippen molar-refractivity contribution in [3.63, 3.8) is 0 Å². The first-order valence-electron chi connectivity index (χ1n) is 10.2. The van der Waals surface area contributed by atoms with Gasteiger partial charge in [0.05, 0.1) is 29.7 Å². The minimum atomic E-state index is 0.0290. The maximum absolute atomic E-state index is 12.6. The number of nitrogens with one attached hydrogen (secondary N) is 2. The second-order valence-electron chi connectivity index (χ2n) is 8.00. The molecule has 0 saturated carbocycles. The van der Waals surface area contributed by atoms with Crippen LogP contribution in [-0.2, 0) is 11.3 Å². The summed E-state index contributed by atoms with van der Waals surface area (Å²) in [5, 5.41) is 7.80. The Morgan fingerprint density at radius 1 is 1.07 bits per heavy atom. The number of anilines is 1. The SMILES string of the molecule is Cc1nn(-c2ccccc2)c(C)c1C[NH+](C)CC(=O)Nc1ccccc1C(C)C. The fourth-order valence-electron chi connectivity index (χ4n) is 3.70. The van der Waals surface area contributed by atoms with Crippen LogP contribution < -0.4 is 10.2 Å². The number of benzene rings is 2. The van der Waals surface area contributed by atoms with Crippen molar-refractivity contribution in [2.75, 3.05) is 18.9 Å². The van der Waals surface area contributed by atoms with Gasteiger partial charge in [-0.1, -0.05) is 50.2 Å². The zero-order valence-electron chi connectivity index (χ0n) is 18.0. The Bertz CT molecular complexity index is 976. The smallest absolute Gasteiger partial charge is 0.279 e. The molecule has 1 atom stereocenters. The summed E-state index contributed by atoms with van der Waals surface area (Å²) >= 11 is 0. The molecule has 29 heavy (non-hydrogen) atoms. The quantitative estimate of drug-likeness (QED) is 0.649. The predicted octanol–water partition coefficient (Wildman–Crippen LogP) is 3.27. The second kappa shape index (κ2) is 9.05. The van der Waals surface area contributed by atoms with Crippen molar-refractivity contribution < 1.29 is 9.69 Å². The molecule has 3 aromatic rings. The van der Waals surface area contributed by atoms with E-state index in [1.54, 1.807) is 0 Å². The van der Waals surface area contributed by atoms with Crippen LogP contribution in [0.2, 0.25) is 0 Å². The summed E-state index contributed by atoms with van der Waals surface area (Å²) in [6.07, 6.45) is 0. The summed E-state index contributed by atoms with van der Waals surface area (Å²) in [6, 6.07) is 18.2. The molecule has 0 fully saturated rings. The average Bonchev–Trinajstić information content (AvgIpc) is 2.97. The Hall–Kier alpha value is -2.92. The fraction of sp³-hybridized carbons (Fsp3) is 0.333. The van der Waals surface area contributed by atoms with Gasteiger partial charge in [-0.25, -0.2) is 4.68 Å². The molecule has 2 aromatic carbocycles. The van der Waals surface area contributed by atoms with Gasteiger partial charge < -0.3 is 10.2 Å². The van der Waals surface area contributed by atoms with Gasteiger partial charge in [-0.05, 0) is 43.5 Å². The maximum atomic E-state index is 12.6. The number of carbonyl (C=O) groups excluding carboxylic acids is 1. The van der Waals surface area contributed by atoms with Gasteiger partial charge >= 0.3 is 0 Å². The first-order chi connectivity index (χ1) is 13.9. The van der Waals surface area contributed by atoms with Crippen molar-refractivity contribution in [2.45, 2.75) is 40.2 Å². The fourth-order valence-corrected chi connectivity index (χ4v) is 3.70. The summed E-state index contributed by atoms with van der Waals surface area (Å²) < 4.78 is 1.98. The van der Waals surface area contributed by atoms with Crippen LogP contribution in [0.5, 0.6) is 0 Å². The summed E-state index contributed by atoms with van der Waals surface area (Å²) in [5.41, 5.74) is 6.45. The number of hydrogen-bond acceptors (Lipinski definition) is 2. The number of quaternary nitrogens is 1. The molecule has 1 amide bonds. The molecule has 1 aromatic heterocycles. The highest BCUT2D eigenvalue weighted by molar-refractivity contribution is 5.92. The molecular formula is C24H31N4O+. The van der Waals surface area contributed by atoms with E-state index in [9.17, 15) is 4.79 Å². The third kappa shape index (κ3) is 4.93. The summed E-state index contributed by atoms with van der Waals surface area (Å²) in [4.78, 5) is 13.8. The standard InChI is InChI=1S/C24H30N4O/c1-17(2)21-13-9-10-14-23(21)25-24(29)16-27(5)15-22-18(3)26-28(19(22)4)20-11-7-6-8-12-20/h6-14,17H,15-16H2,1-5H3,(H,25,29)/p+1. The number of aromatic nitrogens is 2. The minimum Gasteiger partial charge on any atom is -0.326 e. The lowest BCUT2D eigenvalue weighted by Crippen LogP contribution is -3.08. The van der Waals surface area contributed by atoms with E-state index in [-0.39, 0.29) is 5.91 Å². The third-order valence-corrected chi connectivity index (χ3v) is 5.24. The Balaban J connectivity index is 1.68. The number of carbonyl (C=O) groups is 1. The lowest BCUT2D eigenvalue weighted by atomic mass is 10.0. The molecule has 0 aliphatic heterocycles. The molecule has 0 aliphatic carbocycles. The van der Waals surface area contributed by atoms with Crippen molar-refractivity contribution in [2.24, 2.45) is 0 Å². The van der Waals surface area contributed by atoms with Crippen LogP contribution in [0.25, 0.3) is 5.69 Å². The number of nitrogens with zero attached hydrogens (tertiary/aromatic N) is 2. The van der Waals surface area contributed by atoms with Crippen molar-refractivity contribution in [3.8, 4) is 5.69 Å². The molecule has 0 radical (unpaired) electrons. The number of amides is 1. The normalized spacial score (nSPS) is 12.2. The lowest BCUT2D eigenvalue weighted by molar-refractivity contribution is -0.885. The number of rotatable bonds is 7. The van der Waals surface area contributed by atoms with E-state index in [4.69, 9.17) is 5.10 Å². The molecule has 1 unspecified atom stereocenters. The maximum Gasteiger partial charge on any atom is 0.279 e. The van der Waals surface area contributed by atoms with Crippen molar-refractivity contribution in [3.05, 3.63) is 77.1 Å². The number of aryl methyl sites for hydroxylation is 1. The highest BCUT2D eigenvalue weighted by Crippen LogP contribution is 2.23. The van der Waals surface area contributed by atoms with Gasteiger partial charge in [-0.15, -0.1) is 0 Å². The summed E-state index contributed by atoms with van der Waals surface area (Å²) in [7, 11) is 2.05. The molecule has 5 nitrogen and oxygen atoms in total. The predicted molar refractivity (Wildman–Crippen MR) is 118 cm³/mol. The number of para-hydroxylation sites is 2. The van der Waals surface area contributed by atoms with E-state index in [1.165, 1.54) is 5.56 Å². The lowest BCUT2D eigenvalue weighted by Gasteiger charge is -2.16. The van der Waals surface area contributed by atoms with Crippen LogP contribution in [0.4, 0.5) is 5.69 Å². The van der Waals surface area contributed by atoms with E-state index < -0.39 is 0 Å². The van der Waals surface area contributed by atoms with E-state index in [0.717, 1.165) is 39.8 Å². The molecule has 152 valence electrons. The third-order valence-electron chi connectivity index (χ3n) is 5.24. The molecule has 5 heteroatoms. The average molecular weight is 392 g/mol. The van der Waals surface area contributed by atoms with E-state index in [0.29, 0.717) is 12.5 Å². The Morgan fingerprint density at radius 3 is 2.41 bits per heavy atom. The minimum absolute atomic E-state index is 0.0290. The topological polar surface area (TPSA) is 51.4 Å². The molecule has 2 N–H and O–H groups in total. The monoisotopic (exact) mass is 391 g/mol. The zero-order valence-corrected chi connectivity index (χ0v) is 18.0. The Morgan fingerprint density at radius 2 is 1.72 bits per heavy atom. The number of hydrogen-bond donors (Lipinski definition) is 2.